The Kier molecular flexibility index (Phi) is 4.27. The average Bonchev–Trinajstić information content (AvgIpc) is 3.23. The monoisotopic (exact) mass is 348 g/mol. The molecule has 0 spiro atoms. The predicted octanol–water partition coefficient (Wildman–Crippen LogP) is 4.35. The second-order valence-electron chi connectivity index (χ2n) is 6.08. The van der Waals surface area contributed by atoms with Crippen LogP contribution in [-0.4, -0.2) is 10.5 Å². The van der Waals surface area contributed by atoms with Crippen LogP contribution in [0.5, 0.6) is 0 Å². The number of nitrogens with zero attached hydrogens (tertiary/aromatic N) is 1. The van der Waals surface area contributed by atoms with Crippen LogP contribution < -0.4 is 5.32 Å². The first kappa shape index (κ1) is 16.1. The third kappa shape index (κ3) is 3.24. The van der Waals surface area contributed by atoms with Gasteiger partial charge in [-0.25, -0.2) is 4.39 Å². The SMILES string of the molecule is O=C(NCc1ccccc1)c1cc2occc2n1Cc1cccc(F)c1. The van der Waals surface area contributed by atoms with Gasteiger partial charge in [-0.1, -0.05) is 42.5 Å². The molecule has 0 fully saturated rings. The number of hydrogen-bond donors (Lipinski definition) is 1. The minimum absolute atomic E-state index is 0.198. The van der Waals surface area contributed by atoms with Crippen LogP contribution in [0, 0.1) is 5.82 Å². The zero-order valence-corrected chi connectivity index (χ0v) is 14.0. The van der Waals surface area contributed by atoms with E-state index in [-0.39, 0.29) is 11.7 Å². The number of benzene rings is 2. The van der Waals surface area contributed by atoms with Crippen molar-refractivity contribution in [2.75, 3.05) is 0 Å². The van der Waals surface area contributed by atoms with Crippen LogP contribution in [0.4, 0.5) is 4.39 Å². The molecule has 0 radical (unpaired) electrons. The van der Waals surface area contributed by atoms with Gasteiger partial charge < -0.3 is 14.3 Å². The molecule has 0 atom stereocenters. The number of furan rings is 1. The van der Waals surface area contributed by atoms with Gasteiger partial charge in [-0.05, 0) is 23.3 Å². The number of nitrogens with one attached hydrogen (secondary N) is 1. The van der Waals surface area contributed by atoms with Crippen molar-refractivity contribution < 1.29 is 13.6 Å². The molecule has 0 saturated heterocycles. The Morgan fingerprint density at radius 3 is 2.62 bits per heavy atom. The molecule has 0 aliphatic heterocycles. The van der Waals surface area contributed by atoms with Crippen LogP contribution in [0.1, 0.15) is 21.6 Å². The smallest absolute Gasteiger partial charge is 0.268 e. The first-order valence-electron chi connectivity index (χ1n) is 8.34. The molecule has 2 aromatic heterocycles. The highest BCUT2D eigenvalue weighted by Crippen LogP contribution is 2.23. The molecule has 130 valence electrons. The van der Waals surface area contributed by atoms with E-state index in [0.717, 1.165) is 16.6 Å². The number of carbonyl (C=O) groups excluding carboxylic acids is 1. The lowest BCUT2D eigenvalue weighted by atomic mass is 10.2. The highest BCUT2D eigenvalue weighted by atomic mass is 19.1. The van der Waals surface area contributed by atoms with Crippen LogP contribution in [0.3, 0.4) is 0 Å². The molecule has 0 bridgehead atoms. The highest BCUT2D eigenvalue weighted by Gasteiger charge is 2.17. The molecular formula is C21H17FN2O2. The number of aromatic nitrogens is 1. The zero-order chi connectivity index (χ0) is 17.9. The normalized spacial score (nSPS) is 11.0. The maximum absolute atomic E-state index is 13.5. The molecule has 5 heteroatoms. The molecule has 4 rings (SSSR count). The van der Waals surface area contributed by atoms with E-state index in [1.165, 1.54) is 12.1 Å². The average molecular weight is 348 g/mol. The molecule has 0 unspecified atom stereocenters. The molecular weight excluding hydrogens is 331 g/mol. The second kappa shape index (κ2) is 6.88. The third-order valence-electron chi connectivity index (χ3n) is 4.28. The Morgan fingerprint density at radius 2 is 1.81 bits per heavy atom. The minimum atomic E-state index is -0.298. The number of carbonyl (C=O) groups is 1. The summed E-state index contributed by atoms with van der Waals surface area (Å²) in [6.45, 7) is 0.821. The van der Waals surface area contributed by atoms with Gasteiger partial charge in [0, 0.05) is 25.2 Å². The Balaban J connectivity index is 1.62. The number of fused-ring (bicyclic) bond motifs is 1. The van der Waals surface area contributed by atoms with E-state index in [1.807, 2.05) is 47.0 Å². The predicted molar refractivity (Wildman–Crippen MR) is 97.3 cm³/mol. The van der Waals surface area contributed by atoms with E-state index in [9.17, 15) is 9.18 Å². The van der Waals surface area contributed by atoms with Crippen LogP contribution in [0.25, 0.3) is 11.1 Å². The summed E-state index contributed by atoms with van der Waals surface area (Å²) in [6.07, 6.45) is 1.58. The molecule has 4 nitrogen and oxygen atoms in total. The summed E-state index contributed by atoms with van der Waals surface area (Å²) in [5, 5.41) is 2.93. The van der Waals surface area contributed by atoms with Crippen molar-refractivity contribution in [3.8, 4) is 0 Å². The summed E-state index contributed by atoms with van der Waals surface area (Å²) in [5.74, 6) is -0.496. The fraction of sp³-hybridized carbons (Fsp3) is 0.0952. The van der Waals surface area contributed by atoms with Crippen LogP contribution >= 0.6 is 0 Å². The fourth-order valence-electron chi connectivity index (χ4n) is 3.02. The van der Waals surface area contributed by atoms with Gasteiger partial charge in [-0.15, -0.1) is 0 Å². The van der Waals surface area contributed by atoms with Crippen molar-refractivity contribution in [1.29, 1.82) is 0 Å². The van der Waals surface area contributed by atoms with Gasteiger partial charge >= 0.3 is 0 Å². The number of hydrogen-bond acceptors (Lipinski definition) is 2. The zero-order valence-electron chi connectivity index (χ0n) is 14.0. The van der Waals surface area contributed by atoms with Crippen molar-refractivity contribution in [3.63, 3.8) is 0 Å². The first-order valence-corrected chi connectivity index (χ1v) is 8.34. The van der Waals surface area contributed by atoms with Crippen LogP contribution in [0.2, 0.25) is 0 Å². The van der Waals surface area contributed by atoms with Gasteiger partial charge in [0.15, 0.2) is 5.58 Å². The number of rotatable bonds is 5. The molecule has 2 heterocycles. The molecule has 4 aromatic rings. The van der Waals surface area contributed by atoms with E-state index in [2.05, 4.69) is 5.32 Å². The number of halogens is 1. The lowest BCUT2D eigenvalue weighted by molar-refractivity contribution is 0.0942. The summed E-state index contributed by atoms with van der Waals surface area (Å²) >= 11 is 0. The van der Waals surface area contributed by atoms with Crippen molar-refractivity contribution >= 4 is 17.0 Å². The molecule has 26 heavy (non-hydrogen) atoms. The summed E-state index contributed by atoms with van der Waals surface area (Å²) < 4.78 is 20.8. The Morgan fingerprint density at radius 1 is 1.00 bits per heavy atom. The highest BCUT2D eigenvalue weighted by molar-refractivity contribution is 5.97. The molecule has 0 aliphatic carbocycles. The van der Waals surface area contributed by atoms with Crippen molar-refractivity contribution in [3.05, 3.63) is 95.6 Å². The van der Waals surface area contributed by atoms with Crippen molar-refractivity contribution in [1.82, 2.24) is 9.88 Å². The lowest BCUT2D eigenvalue weighted by Gasteiger charge is -2.11. The number of amides is 1. The molecule has 1 amide bonds. The minimum Gasteiger partial charge on any atom is -0.463 e. The van der Waals surface area contributed by atoms with Gasteiger partial charge in [-0.3, -0.25) is 4.79 Å². The molecule has 0 saturated carbocycles. The Bertz CT molecular complexity index is 1050. The van der Waals surface area contributed by atoms with E-state index in [0.29, 0.717) is 24.4 Å². The van der Waals surface area contributed by atoms with E-state index in [4.69, 9.17) is 4.42 Å². The van der Waals surface area contributed by atoms with E-state index < -0.39 is 0 Å². The van der Waals surface area contributed by atoms with Crippen molar-refractivity contribution in [2.24, 2.45) is 0 Å². The second-order valence-corrected chi connectivity index (χ2v) is 6.08. The molecule has 1 N–H and O–H groups in total. The summed E-state index contributed by atoms with van der Waals surface area (Å²) in [6, 6.07) is 19.6. The van der Waals surface area contributed by atoms with Gasteiger partial charge in [0.1, 0.15) is 11.5 Å². The van der Waals surface area contributed by atoms with Gasteiger partial charge in [-0.2, -0.15) is 0 Å². The summed E-state index contributed by atoms with van der Waals surface area (Å²) in [7, 11) is 0. The fourth-order valence-corrected chi connectivity index (χ4v) is 3.02. The standard InChI is InChI=1S/C21H17FN2O2/c22-17-8-4-7-16(11-17)14-24-18-9-10-26-20(18)12-19(24)21(25)23-13-15-5-2-1-3-6-15/h1-12H,13-14H2,(H,23,25). The maximum Gasteiger partial charge on any atom is 0.268 e. The largest absolute Gasteiger partial charge is 0.463 e. The first-order chi connectivity index (χ1) is 12.7. The maximum atomic E-state index is 13.5. The van der Waals surface area contributed by atoms with Crippen LogP contribution in [-0.2, 0) is 13.1 Å². The van der Waals surface area contributed by atoms with Crippen molar-refractivity contribution in [2.45, 2.75) is 13.1 Å². The van der Waals surface area contributed by atoms with Gasteiger partial charge in [0.2, 0.25) is 0 Å². The Hall–Kier alpha value is -3.34. The third-order valence-corrected chi connectivity index (χ3v) is 4.28. The summed E-state index contributed by atoms with van der Waals surface area (Å²) in [4.78, 5) is 12.7. The molecule has 2 aromatic carbocycles. The van der Waals surface area contributed by atoms with E-state index >= 15 is 0 Å². The van der Waals surface area contributed by atoms with Crippen LogP contribution in [0.15, 0.2) is 77.4 Å². The van der Waals surface area contributed by atoms with Gasteiger partial charge in [0.05, 0.1) is 11.8 Å². The topological polar surface area (TPSA) is 47.2 Å². The van der Waals surface area contributed by atoms with E-state index in [1.54, 1.807) is 18.4 Å². The molecule has 0 aliphatic rings. The summed E-state index contributed by atoms with van der Waals surface area (Å²) in [5.41, 5.74) is 3.72. The quantitative estimate of drug-likeness (QED) is 0.583. The van der Waals surface area contributed by atoms with Gasteiger partial charge in [0.25, 0.3) is 5.91 Å². The Labute approximate surface area is 149 Å². The lowest BCUT2D eigenvalue weighted by Crippen LogP contribution is -2.25.